The minimum Gasteiger partial charge on any atom is -0.493 e. The predicted octanol–water partition coefficient (Wildman–Crippen LogP) is 3.50. The summed E-state index contributed by atoms with van der Waals surface area (Å²) in [6.07, 6.45) is 8.01. The molecule has 2 unspecified atom stereocenters. The molecule has 0 aromatic heterocycles. The third-order valence-electron chi connectivity index (χ3n) is 4.77. The van der Waals surface area contributed by atoms with Crippen LogP contribution < -0.4 is 10.1 Å². The molecule has 19 heavy (non-hydrogen) atoms. The highest BCUT2D eigenvalue weighted by Crippen LogP contribution is 2.38. The maximum atomic E-state index is 5.63. The second kappa shape index (κ2) is 5.96. The fourth-order valence-electron chi connectivity index (χ4n) is 3.77. The monoisotopic (exact) mass is 259 g/mol. The molecule has 2 nitrogen and oxygen atoms in total. The summed E-state index contributed by atoms with van der Waals surface area (Å²) in [4.78, 5) is 0. The molecular formula is C17H25NO. The smallest absolute Gasteiger partial charge is 0.122 e. The quantitative estimate of drug-likeness (QED) is 0.839. The highest BCUT2D eigenvalue weighted by molar-refractivity contribution is 5.41. The third-order valence-corrected chi connectivity index (χ3v) is 4.77. The van der Waals surface area contributed by atoms with Gasteiger partial charge in [-0.2, -0.15) is 0 Å². The van der Waals surface area contributed by atoms with Crippen LogP contribution in [0.5, 0.6) is 5.75 Å². The van der Waals surface area contributed by atoms with Crippen molar-refractivity contribution >= 4 is 0 Å². The van der Waals surface area contributed by atoms with E-state index < -0.39 is 0 Å². The summed E-state index contributed by atoms with van der Waals surface area (Å²) in [5.41, 5.74) is 2.97. The van der Waals surface area contributed by atoms with Crippen LogP contribution in [0.25, 0.3) is 0 Å². The Morgan fingerprint density at radius 3 is 3.00 bits per heavy atom. The first kappa shape index (κ1) is 13.0. The zero-order chi connectivity index (χ0) is 13.1. The van der Waals surface area contributed by atoms with Crippen LogP contribution in [-0.4, -0.2) is 20.2 Å². The maximum Gasteiger partial charge on any atom is 0.122 e. The number of rotatable bonds is 3. The Kier molecular flexibility index (Phi) is 4.07. The number of hydrogen-bond donors (Lipinski definition) is 1. The minimum atomic E-state index is 0.737. The largest absolute Gasteiger partial charge is 0.493 e. The molecule has 2 atom stereocenters. The number of nitrogens with one attached hydrogen (secondary N) is 1. The van der Waals surface area contributed by atoms with Gasteiger partial charge in [-0.05, 0) is 55.5 Å². The number of benzene rings is 1. The Hall–Kier alpha value is -1.02. The Labute approximate surface area is 116 Å². The molecule has 2 aliphatic rings. The van der Waals surface area contributed by atoms with Crippen LogP contribution in [0.15, 0.2) is 18.2 Å². The standard InChI is InChI=1S/C17H25NO/c1-18-12-15-5-3-2-4-6-16(15)13-7-8-17-14(11-13)9-10-19-17/h7-8,11,15-16,18H,2-6,9-10,12H2,1H3. The van der Waals surface area contributed by atoms with Gasteiger partial charge in [0.25, 0.3) is 0 Å². The van der Waals surface area contributed by atoms with Gasteiger partial charge in [-0.3, -0.25) is 0 Å². The van der Waals surface area contributed by atoms with Gasteiger partial charge in [0.15, 0.2) is 0 Å². The molecule has 104 valence electrons. The molecule has 0 amide bonds. The first-order valence-corrected chi connectivity index (χ1v) is 7.78. The van der Waals surface area contributed by atoms with Gasteiger partial charge in [0, 0.05) is 6.42 Å². The lowest BCUT2D eigenvalue weighted by Gasteiger charge is -2.25. The summed E-state index contributed by atoms with van der Waals surface area (Å²) >= 11 is 0. The number of ether oxygens (including phenoxy) is 1. The van der Waals surface area contributed by atoms with E-state index in [2.05, 4.69) is 30.6 Å². The molecule has 0 radical (unpaired) electrons. The van der Waals surface area contributed by atoms with Gasteiger partial charge in [-0.1, -0.05) is 31.4 Å². The highest BCUT2D eigenvalue weighted by atomic mass is 16.5. The molecule has 1 N–H and O–H groups in total. The fraction of sp³-hybridized carbons (Fsp3) is 0.647. The van der Waals surface area contributed by atoms with E-state index >= 15 is 0 Å². The lowest BCUT2D eigenvalue weighted by Crippen LogP contribution is -2.24. The molecule has 1 aliphatic carbocycles. The molecule has 3 rings (SSSR count). The molecule has 1 aromatic carbocycles. The van der Waals surface area contributed by atoms with Crippen molar-refractivity contribution in [2.24, 2.45) is 5.92 Å². The predicted molar refractivity (Wildman–Crippen MR) is 78.9 cm³/mol. The van der Waals surface area contributed by atoms with Crippen molar-refractivity contribution in [3.63, 3.8) is 0 Å². The van der Waals surface area contributed by atoms with Crippen molar-refractivity contribution in [2.75, 3.05) is 20.2 Å². The summed E-state index contributed by atoms with van der Waals surface area (Å²) in [6.45, 7) is 2.02. The molecule has 1 aliphatic heterocycles. The van der Waals surface area contributed by atoms with Crippen LogP contribution in [0, 0.1) is 5.92 Å². The first-order chi connectivity index (χ1) is 9.38. The van der Waals surface area contributed by atoms with E-state index in [0.29, 0.717) is 0 Å². The summed E-state index contributed by atoms with van der Waals surface area (Å²) < 4.78 is 5.63. The van der Waals surface area contributed by atoms with Crippen LogP contribution in [0.1, 0.15) is 49.1 Å². The maximum absolute atomic E-state index is 5.63. The minimum absolute atomic E-state index is 0.737. The Bertz CT molecular complexity index is 429. The third kappa shape index (κ3) is 2.79. The van der Waals surface area contributed by atoms with Crippen molar-refractivity contribution in [1.29, 1.82) is 0 Å². The number of fused-ring (bicyclic) bond motifs is 1. The summed E-state index contributed by atoms with van der Waals surface area (Å²) in [6, 6.07) is 6.92. The molecule has 0 saturated heterocycles. The van der Waals surface area contributed by atoms with Gasteiger partial charge in [0.05, 0.1) is 6.61 Å². The van der Waals surface area contributed by atoms with Gasteiger partial charge >= 0.3 is 0 Å². The zero-order valence-corrected chi connectivity index (χ0v) is 12.0. The highest BCUT2D eigenvalue weighted by Gasteiger charge is 2.25. The first-order valence-electron chi connectivity index (χ1n) is 7.78. The molecule has 0 spiro atoms. The summed E-state index contributed by atoms with van der Waals surface area (Å²) in [5.74, 6) is 2.65. The lowest BCUT2D eigenvalue weighted by atomic mass is 9.81. The van der Waals surface area contributed by atoms with Gasteiger partial charge in [0.1, 0.15) is 5.75 Å². The molecule has 0 bridgehead atoms. The average Bonchev–Trinajstić information content (AvgIpc) is 2.77. The Morgan fingerprint density at radius 2 is 2.11 bits per heavy atom. The Morgan fingerprint density at radius 1 is 1.21 bits per heavy atom. The van der Waals surface area contributed by atoms with Gasteiger partial charge in [-0.15, -0.1) is 0 Å². The van der Waals surface area contributed by atoms with Gasteiger partial charge in [0.2, 0.25) is 0 Å². The second-order valence-corrected chi connectivity index (χ2v) is 6.03. The number of hydrogen-bond acceptors (Lipinski definition) is 2. The zero-order valence-electron chi connectivity index (χ0n) is 12.0. The van der Waals surface area contributed by atoms with Crippen molar-refractivity contribution in [3.8, 4) is 5.75 Å². The van der Waals surface area contributed by atoms with Crippen molar-refractivity contribution < 1.29 is 4.74 Å². The summed E-state index contributed by atoms with van der Waals surface area (Å²) in [7, 11) is 2.08. The molecule has 2 heteroatoms. The van der Waals surface area contributed by atoms with E-state index in [-0.39, 0.29) is 0 Å². The summed E-state index contributed by atoms with van der Waals surface area (Å²) in [5, 5.41) is 3.39. The van der Waals surface area contributed by atoms with Crippen LogP contribution in [0.4, 0.5) is 0 Å². The molecule has 1 saturated carbocycles. The molecule has 1 fully saturated rings. The average molecular weight is 259 g/mol. The SMILES string of the molecule is CNCC1CCCCCC1c1ccc2c(c1)CCO2. The van der Waals surface area contributed by atoms with Crippen molar-refractivity contribution in [3.05, 3.63) is 29.3 Å². The van der Waals surface area contributed by atoms with Crippen LogP contribution in [0.3, 0.4) is 0 Å². The van der Waals surface area contributed by atoms with E-state index in [1.165, 1.54) is 37.7 Å². The van der Waals surface area contributed by atoms with Crippen LogP contribution in [-0.2, 0) is 6.42 Å². The van der Waals surface area contributed by atoms with E-state index in [0.717, 1.165) is 37.2 Å². The van der Waals surface area contributed by atoms with E-state index in [9.17, 15) is 0 Å². The molecular weight excluding hydrogens is 234 g/mol. The van der Waals surface area contributed by atoms with Crippen LogP contribution in [0.2, 0.25) is 0 Å². The Balaban J connectivity index is 1.84. The van der Waals surface area contributed by atoms with Crippen molar-refractivity contribution in [2.45, 2.75) is 44.4 Å². The van der Waals surface area contributed by atoms with E-state index in [1.54, 1.807) is 5.56 Å². The normalized spacial score (nSPS) is 26.6. The van der Waals surface area contributed by atoms with E-state index in [4.69, 9.17) is 4.74 Å². The van der Waals surface area contributed by atoms with E-state index in [1.807, 2.05) is 0 Å². The van der Waals surface area contributed by atoms with Gasteiger partial charge < -0.3 is 10.1 Å². The topological polar surface area (TPSA) is 21.3 Å². The lowest BCUT2D eigenvalue weighted by molar-refractivity contribution is 0.356. The fourth-order valence-corrected chi connectivity index (χ4v) is 3.77. The van der Waals surface area contributed by atoms with Crippen molar-refractivity contribution in [1.82, 2.24) is 5.32 Å². The van der Waals surface area contributed by atoms with Gasteiger partial charge in [-0.25, -0.2) is 0 Å². The second-order valence-electron chi connectivity index (χ2n) is 6.03. The van der Waals surface area contributed by atoms with Crippen LogP contribution >= 0.6 is 0 Å². The molecule has 1 aromatic rings. The molecule has 1 heterocycles.